The third-order valence-corrected chi connectivity index (χ3v) is 2.71. The molecule has 0 aromatic rings. The number of hydrogen-bond acceptors (Lipinski definition) is 3. The molecule has 1 saturated carbocycles. The van der Waals surface area contributed by atoms with Gasteiger partial charge in [0.05, 0.1) is 19.6 Å². The molecular weight excluding hydrogens is 168 g/mol. The van der Waals surface area contributed by atoms with Crippen molar-refractivity contribution in [2.45, 2.75) is 44.6 Å². The monoisotopic (exact) mass is 186 g/mol. The maximum absolute atomic E-state index is 10.8. The summed E-state index contributed by atoms with van der Waals surface area (Å²) >= 11 is 0. The van der Waals surface area contributed by atoms with Crippen LogP contribution in [-0.4, -0.2) is 24.3 Å². The third-order valence-electron chi connectivity index (χ3n) is 2.71. The lowest BCUT2D eigenvalue weighted by Gasteiger charge is -2.13. The van der Waals surface area contributed by atoms with Crippen molar-refractivity contribution >= 4 is 5.97 Å². The van der Waals surface area contributed by atoms with Crippen LogP contribution in [0.3, 0.4) is 0 Å². The summed E-state index contributed by atoms with van der Waals surface area (Å²) in [5.41, 5.74) is 0. The van der Waals surface area contributed by atoms with E-state index in [1.54, 1.807) is 0 Å². The lowest BCUT2D eigenvalue weighted by atomic mass is 9.98. The van der Waals surface area contributed by atoms with Crippen LogP contribution in [-0.2, 0) is 9.53 Å². The summed E-state index contributed by atoms with van der Waals surface area (Å²) in [5.74, 6) is 0.310. The molecule has 0 spiro atoms. The molecule has 3 nitrogen and oxygen atoms in total. The molecule has 0 radical (unpaired) electrons. The van der Waals surface area contributed by atoms with Gasteiger partial charge in [0.2, 0.25) is 0 Å². The van der Waals surface area contributed by atoms with Crippen LogP contribution in [0.15, 0.2) is 0 Å². The van der Waals surface area contributed by atoms with Crippen LogP contribution in [0.2, 0.25) is 0 Å². The van der Waals surface area contributed by atoms with Gasteiger partial charge < -0.3 is 9.84 Å². The van der Waals surface area contributed by atoms with E-state index in [4.69, 9.17) is 0 Å². The molecule has 1 aliphatic rings. The fourth-order valence-electron chi connectivity index (χ4n) is 1.99. The first-order valence-corrected chi connectivity index (χ1v) is 4.97. The van der Waals surface area contributed by atoms with Crippen LogP contribution < -0.4 is 0 Å². The van der Waals surface area contributed by atoms with E-state index in [9.17, 15) is 9.90 Å². The fraction of sp³-hybridized carbons (Fsp3) is 0.900. The van der Waals surface area contributed by atoms with Gasteiger partial charge in [-0.05, 0) is 12.3 Å². The van der Waals surface area contributed by atoms with Gasteiger partial charge in [0.15, 0.2) is 0 Å². The number of carbonyl (C=O) groups is 1. The molecule has 0 amide bonds. The summed E-state index contributed by atoms with van der Waals surface area (Å²) in [6.45, 7) is 0. The zero-order valence-electron chi connectivity index (χ0n) is 8.16. The second-order valence-electron chi connectivity index (χ2n) is 3.82. The summed E-state index contributed by atoms with van der Waals surface area (Å²) in [5, 5.41) is 9.51. The largest absolute Gasteiger partial charge is 0.469 e. The van der Waals surface area contributed by atoms with Crippen LogP contribution in [0, 0.1) is 5.92 Å². The Balaban J connectivity index is 2.16. The number of ether oxygens (including phenoxy) is 1. The number of rotatable bonds is 4. The summed E-state index contributed by atoms with van der Waals surface area (Å²) in [7, 11) is 1.35. The molecule has 0 aromatic heterocycles. The molecule has 0 aliphatic heterocycles. The number of aliphatic hydroxyl groups excluding tert-OH is 1. The highest BCUT2D eigenvalue weighted by molar-refractivity contribution is 5.69. The minimum absolute atomic E-state index is 0.146. The summed E-state index contributed by atoms with van der Waals surface area (Å²) in [6.07, 6.45) is 5.36. The van der Waals surface area contributed by atoms with E-state index in [1.165, 1.54) is 32.8 Å². The highest BCUT2D eigenvalue weighted by Gasteiger charge is 2.20. The Kier molecular flexibility index (Phi) is 4.22. The Bertz CT molecular complexity index is 162. The second-order valence-corrected chi connectivity index (χ2v) is 3.82. The normalized spacial score (nSPS) is 20.2. The molecule has 1 aliphatic carbocycles. The second kappa shape index (κ2) is 5.22. The Morgan fingerprint density at radius 3 is 2.69 bits per heavy atom. The van der Waals surface area contributed by atoms with Crippen LogP contribution in [0.4, 0.5) is 0 Å². The molecule has 76 valence electrons. The predicted octanol–water partition coefficient (Wildman–Crippen LogP) is 1.49. The van der Waals surface area contributed by atoms with Crippen molar-refractivity contribution in [1.29, 1.82) is 0 Å². The molecule has 1 atom stereocenters. The van der Waals surface area contributed by atoms with E-state index in [0.717, 1.165) is 6.42 Å². The third kappa shape index (κ3) is 3.77. The van der Waals surface area contributed by atoms with Gasteiger partial charge in [0, 0.05) is 0 Å². The molecule has 0 heterocycles. The molecular formula is C10H18O3. The number of hydrogen-bond donors (Lipinski definition) is 1. The van der Waals surface area contributed by atoms with Crippen molar-refractivity contribution in [2.24, 2.45) is 5.92 Å². The molecule has 0 saturated heterocycles. The van der Waals surface area contributed by atoms with Gasteiger partial charge >= 0.3 is 5.97 Å². The summed E-state index contributed by atoms with van der Waals surface area (Å²) in [6, 6.07) is 0. The van der Waals surface area contributed by atoms with Gasteiger partial charge in [-0.15, -0.1) is 0 Å². The van der Waals surface area contributed by atoms with E-state index in [2.05, 4.69) is 4.74 Å². The maximum atomic E-state index is 10.8. The van der Waals surface area contributed by atoms with Crippen LogP contribution in [0.5, 0.6) is 0 Å². The lowest BCUT2D eigenvalue weighted by molar-refractivity contribution is -0.143. The maximum Gasteiger partial charge on any atom is 0.308 e. The molecule has 1 N–H and O–H groups in total. The lowest BCUT2D eigenvalue weighted by Crippen LogP contribution is -2.17. The molecule has 1 fully saturated rings. The van der Waals surface area contributed by atoms with Crippen molar-refractivity contribution in [2.75, 3.05) is 7.11 Å². The number of methoxy groups -OCH3 is 1. The number of aliphatic hydroxyl groups is 1. The van der Waals surface area contributed by atoms with E-state index in [-0.39, 0.29) is 12.4 Å². The van der Waals surface area contributed by atoms with Crippen molar-refractivity contribution in [3.63, 3.8) is 0 Å². The first kappa shape index (κ1) is 10.5. The predicted molar refractivity (Wildman–Crippen MR) is 49.2 cm³/mol. The molecule has 13 heavy (non-hydrogen) atoms. The standard InChI is InChI=1S/C10H18O3/c1-13-10(12)7-9(11)6-8-4-2-3-5-8/h8-9,11H,2-7H2,1H3/t9-/m1/s1. The van der Waals surface area contributed by atoms with Crippen molar-refractivity contribution in [3.05, 3.63) is 0 Å². The zero-order valence-corrected chi connectivity index (χ0v) is 8.16. The van der Waals surface area contributed by atoms with Gasteiger partial charge in [0.1, 0.15) is 0 Å². The SMILES string of the molecule is COC(=O)C[C@H](O)CC1CCCC1. The molecule has 1 rings (SSSR count). The van der Waals surface area contributed by atoms with Gasteiger partial charge in [-0.3, -0.25) is 4.79 Å². The van der Waals surface area contributed by atoms with Gasteiger partial charge in [-0.25, -0.2) is 0 Å². The fourth-order valence-corrected chi connectivity index (χ4v) is 1.99. The van der Waals surface area contributed by atoms with Gasteiger partial charge in [0.25, 0.3) is 0 Å². The molecule has 0 bridgehead atoms. The highest BCUT2D eigenvalue weighted by Crippen LogP contribution is 2.29. The van der Waals surface area contributed by atoms with Gasteiger partial charge in [-0.1, -0.05) is 25.7 Å². The minimum Gasteiger partial charge on any atom is -0.469 e. The molecule has 0 aromatic carbocycles. The van der Waals surface area contributed by atoms with E-state index in [1.807, 2.05) is 0 Å². The van der Waals surface area contributed by atoms with Crippen LogP contribution >= 0.6 is 0 Å². The Morgan fingerprint density at radius 1 is 1.54 bits per heavy atom. The number of carbonyl (C=O) groups excluding carboxylic acids is 1. The molecule has 0 unspecified atom stereocenters. The Morgan fingerprint density at radius 2 is 2.15 bits per heavy atom. The summed E-state index contributed by atoms with van der Waals surface area (Å²) in [4.78, 5) is 10.8. The van der Waals surface area contributed by atoms with Crippen molar-refractivity contribution < 1.29 is 14.6 Å². The molecule has 3 heteroatoms. The number of esters is 1. The minimum atomic E-state index is -0.504. The van der Waals surface area contributed by atoms with Crippen LogP contribution in [0.1, 0.15) is 38.5 Å². The average molecular weight is 186 g/mol. The van der Waals surface area contributed by atoms with Crippen molar-refractivity contribution in [3.8, 4) is 0 Å². The first-order valence-electron chi connectivity index (χ1n) is 4.97. The average Bonchev–Trinajstić information content (AvgIpc) is 2.56. The zero-order chi connectivity index (χ0) is 9.68. The highest BCUT2D eigenvalue weighted by atomic mass is 16.5. The van der Waals surface area contributed by atoms with E-state index in [0.29, 0.717) is 5.92 Å². The summed E-state index contributed by atoms with van der Waals surface area (Å²) < 4.78 is 4.49. The van der Waals surface area contributed by atoms with E-state index < -0.39 is 6.10 Å². The van der Waals surface area contributed by atoms with Crippen LogP contribution in [0.25, 0.3) is 0 Å². The first-order chi connectivity index (χ1) is 6.22. The quantitative estimate of drug-likeness (QED) is 0.677. The Hall–Kier alpha value is -0.570. The van der Waals surface area contributed by atoms with E-state index >= 15 is 0 Å². The van der Waals surface area contributed by atoms with Crippen molar-refractivity contribution in [1.82, 2.24) is 0 Å². The topological polar surface area (TPSA) is 46.5 Å². The van der Waals surface area contributed by atoms with Gasteiger partial charge in [-0.2, -0.15) is 0 Å². The Labute approximate surface area is 79.1 Å². The smallest absolute Gasteiger partial charge is 0.308 e.